The zero-order chi connectivity index (χ0) is 27.4. The molecule has 2 aliphatic heterocycles. The number of hydrogen-bond donors (Lipinski definition) is 1. The molecule has 1 amide bonds. The number of likely N-dealkylation sites (N-methyl/N-ethyl adjacent to an activating group) is 1. The molecule has 7 heteroatoms. The average Bonchev–Trinajstić information content (AvgIpc) is 2.87. The van der Waals surface area contributed by atoms with Crippen molar-refractivity contribution in [1.29, 1.82) is 0 Å². The molecule has 1 fully saturated rings. The normalized spacial score (nSPS) is 18.5. The minimum atomic E-state index is -0.606. The van der Waals surface area contributed by atoms with E-state index >= 15 is 0 Å². The van der Waals surface area contributed by atoms with Crippen molar-refractivity contribution in [2.75, 3.05) is 50.0 Å². The molecule has 0 saturated carbocycles. The monoisotopic (exact) mass is 505 g/mol. The second-order valence-electron chi connectivity index (χ2n) is 8.92. The predicted molar refractivity (Wildman–Crippen MR) is 155 cm³/mol. The van der Waals surface area contributed by atoms with Gasteiger partial charge in [0.1, 0.15) is 17.5 Å². The number of hydrogen-bond acceptors (Lipinski definition) is 5. The largest absolute Gasteiger partial charge is 0.369 e. The second-order valence-corrected chi connectivity index (χ2v) is 8.92. The highest BCUT2D eigenvalue weighted by atomic mass is 19.1. The van der Waals surface area contributed by atoms with Crippen LogP contribution in [0, 0.1) is 0 Å². The first-order valence-electron chi connectivity index (χ1n) is 12.6. The molecule has 6 nitrogen and oxygen atoms in total. The summed E-state index contributed by atoms with van der Waals surface area (Å²) in [5.74, 6) is -0.0516. The van der Waals surface area contributed by atoms with Crippen LogP contribution in [-0.4, -0.2) is 61.3 Å². The van der Waals surface area contributed by atoms with Gasteiger partial charge in [-0.25, -0.2) is 9.38 Å². The summed E-state index contributed by atoms with van der Waals surface area (Å²) in [5.41, 5.74) is 3.30. The quantitative estimate of drug-likeness (QED) is 0.435. The molecule has 0 aliphatic carbocycles. The maximum absolute atomic E-state index is 13.3. The molecule has 1 N–H and O–H groups in total. The van der Waals surface area contributed by atoms with Gasteiger partial charge in [-0.15, -0.1) is 0 Å². The molecule has 37 heavy (non-hydrogen) atoms. The van der Waals surface area contributed by atoms with Crippen LogP contribution >= 0.6 is 0 Å². The molecular weight excluding hydrogens is 465 g/mol. The van der Waals surface area contributed by atoms with E-state index in [1.807, 2.05) is 25.1 Å². The number of allylic oxidation sites excluding steroid dienone is 3. The molecule has 2 heterocycles. The van der Waals surface area contributed by atoms with E-state index in [0.717, 1.165) is 37.4 Å². The van der Waals surface area contributed by atoms with Gasteiger partial charge in [0.05, 0.1) is 6.54 Å². The van der Waals surface area contributed by atoms with Gasteiger partial charge >= 0.3 is 0 Å². The molecule has 0 radical (unpaired) electrons. The first-order chi connectivity index (χ1) is 17.7. The third kappa shape index (κ3) is 9.03. The zero-order valence-corrected chi connectivity index (χ0v) is 22.6. The fourth-order valence-corrected chi connectivity index (χ4v) is 3.78. The van der Waals surface area contributed by atoms with E-state index < -0.39 is 5.83 Å². The topological polar surface area (TPSA) is 51.2 Å². The van der Waals surface area contributed by atoms with E-state index in [0.29, 0.717) is 17.2 Å². The first-order valence-corrected chi connectivity index (χ1v) is 12.6. The fourth-order valence-electron chi connectivity index (χ4n) is 3.78. The number of carbonyl (C=O) groups is 1. The highest BCUT2D eigenvalue weighted by molar-refractivity contribution is 6.15. The molecule has 0 atom stereocenters. The molecular formula is C30H40FN5O. The van der Waals surface area contributed by atoms with Crippen LogP contribution in [0.5, 0.6) is 0 Å². The molecule has 0 aromatic heterocycles. The lowest BCUT2D eigenvalue weighted by Crippen LogP contribution is -2.44. The fraction of sp³-hybridized carbons (Fsp3) is 0.333. The van der Waals surface area contributed by atoms with E-state index in [1.165, 1.54) is 35.2 Å². The third-order valence-corrected chi connectivity index (χ3v) is 5.71. The number of amides is 1. The highest BCUT2D eigenvalue weighted by Gasteiger charge is 2.25. The van der Waals surface area contributed by atoms with E-state index in [4.69, 9.17) is 0 Å². The van der Waals surface area contributed by atoms with Crippen LogP contribution in [-0.2, 0) is 4.79 Å². The lowest BCUT2D eigenvalue weighted by molar-refractivity contribution is -0.122. The Morgan fingerprint density at radius 3 is 2.27 bits per heavy atom. The van der Waals surface area contributed by atoms with Crippen molar-refractivity contribution >= 4 is 23.1 Å². The van der Waals surface area contributed by atoms with Crippen LogP contribution in [0.15, 0.2) is 102 Å². The number of carbonyl (C=O) groups excluding carboxylic acids is 1. The van der Waals surface area contributed by atoms with Crippen molar-refractivity contribution in [3.8, 4) is 0 Å². The summed E-state index contributed by atoms with van der Waals surface area (Å²) in [6, 6.07) is 8.14. The number of nitrogens with zero attached hydrogens (tertiary/aromatic N) is 4. The summed E-state index contributed by atoms with van der Waals surface area (Å²) >= 11 is 0. The number of rotatable bonds is 8. The molecule has 1 saturated heterocycles. The number of piperazine rings is 1. The molecule has 3 rings (SSSR count). The standard InChI is InChI=1S/C27H32FN5O.C3H8/c1-6-22(18-20(3)28)19-33-26(34)13-8-23(7-2)27(33)30-21(4)29-24-9-11-25(12-10-24)32-16-14-31(5)15-17-32;1-3-2/h6-13,18,29H,1,3-4,14-17,19H2,2,5H3;3H2,1-2H3/b22-18+,23-7-,30-27+;. The Morgan fingerprint density at radius 2 is 1.73 bits per heavy atom. The van der Waals surface area contributed by atoms with Gasteiger partial charge in [-0.2, -0.15) is 0 Å². The Bertz CT molecular complexity index is 1090. The lowest BCUT2D eigenvalue weighted by atomic mass is 10.1. The number of anilines is 2. The van der Waals surface area contributed by atoms with Crippen LogP contribution in [0.25, 0.3) is 0 Å². The molecule has 0 bridgehead atoms. The predicted octanol–water partition coefficient (Wildman–Crippen LogP) is 6.08. The zero-order valence-electron chi connectivity index (χ0n) is 22.6. The SMILES string of the molecule is C=C/C(=C\C(=C)F)CN1C(=O)C=CC(=C/C)/C1=N\C(=C)Nc1ccc(N2CCN(C)CC2)cc1.CCC. The highest BCUT2D eigenvalue weighted by Crippen LogP contribution is 2.22. The van der Waals surface area contributed by atoms with Crippen molar-refractivity contribution in [2.45, 2.75) is 27.2 Å². The van der Waals surface area contributed by atoms with Crippen LogP contribution in [0.1, 0.15) is 27.2 Å². The Balaban J connectivity index is 0.00000153. The number of benzene rings is 1. The summed E-state index contributed by atoms with van der Waals surface area (Å²) in [6.07, 6.45) is 9.03. The van der Waals surface area contributed by atoms with Crippen molar-refractivity contribution in [1.82, 2.24) is 9.80 Å². The maximum Gasteiger partial charge on any atom is 0.252 e. The van der Waals surface area contributed by atoms with Gasteiger partial charge in [0.25, 0.3) is 5.91 Å². The van der Waals surface area contributed by atoms with Crippen LogP contribution in [0.3, 0.4) is 0 Å². The maximum atomic E-state index is 13.3. The van der Waals surface area contributed by atoms with E-state index in [-0.39, 0.29) is 12.5 Å². The van der Waals surface area contributed by atoms with Crippen molar-refractivity contribution in [3.63, 3.8) is 0 Å². The van der Waals surface area contributed by atoms with Crippen molar-refractivity contribution in [3.05, 3.63) is 97.2 Å². The molecule has 0 unspecified atom stereocenters. The summed E-state index contributed by atoms with van der Waals surface area (Å²) < 4.78 is 13.3. The first kappa shape index (κ1) is 29.5. The number of halogens is 1. The minimum absolute atomic E-state index is 0.110. The van der Waals surface area contributed by atoms with Crippen LogP contribution in [0.4, 0.5) is 15.8 Å². The van der Waals surface area contributed by atoms with Crippen molar-refractivity contribution < 1.29 is 9.18 Å². The van der Waals surface area contributed by atoms with Gasteiger partial charge in [0.15, 0.2) is 0 Å². The minimum Gasteiger partial charge on any atom is -0.369 e. The number of amidine groups is 1. The van der Waals surface area contributed by atoms with Crippen molar-refractivity contribution in [2.24, 2.45) is 4.99 Å². The van der Waals surface area contributed by atoms with E-state index in [2.05, 4.69) is 72.9 Å². The van der Waals surface area contributed by atoms with Crippen LogP contribution in [0.2, 0.25) is 0 Å². The summed E-state index contributed by atoms with van der Waals surface area (Å²) in [4.78, 5) is 23.4. The Labute approximate surface area is 221 Å². The smallest absolute Gasteiger partial charge is 0.252 e. The third-order valence-electron chi connectivity index (χ3n) is 5.71. The summed E-state index contributed by atoms with van der Waals surface area (Å²) in [5, 5.41) is 3.20. The number of nitrogens with one attached hydrogen (secondary N) is 1. The van der Waals surface area contributed by atoms with Gasteiger partial charge in [0, 0.05) is 49.2 Å². The molecule has 1 aromatic carbocycles. The Hall–Kier alpha value is -3.71. The van der Waals surface area contributed by atoms with Gasteiger partial charge in [-0.1, -0.05) is 52.2 Å². The number of aliphatic imine (C=N–C) groups is 1. The summed E-state index contributed by atoms with van der Waals surface area (Å²) in [6.45, 7) is 21.3. The average molecular weight is 506 g/mol. The molecule has 0 spiro atoms. The van der Waals surface area contributed by atoms with E-state index in [9.17, 15) is 9.18 Å². The van der Waals surface area contributed by atoms with Crippen LogP contribution < -0.4 is 10.2 Å². The second kappa shape index (κ2) is 14.8. The Kier molecular flexibility index (Phi) is 11.8. The van der Waals surface area contributed by atoms with E-state index in [1.54, 1.807) is 6.08 Å². The molecule has 1 aromatic rings. The van der Waals surface area contributed by atoms with Gasteiger partial charge in [-0.3, -0.25) is 9.69 Å². The Morgan fingerprint density at radius 1 is 1.11 bits per heavy atom. The van der Waals surface area contributed by atoms with Gasteiger partial charge in [-0.05, 0) is 56.0 Å². The lowest BCUT2D eigenvalue weighted by Gasteiger charge is -2.34. The molecule has 2 aliphatic rings. The summed E-state index contributed by atoms with van der Waals surface area (Å²) in [7, 11) is 2.14. The van der Waals surface area contributed by atoms with Gasteiger partial charge < -0.3 is 15.1 Å². The molecule has 198 valence electrons. The van der Waals surface area contributed by atoms with Gasteiger partial charge in [0.2, 0.25) is 0 Å².